The molecule has 5 heteroatoms. The highest BCUT2D eigenvalue weighted by Gasteiger charge is 2.24. The van der Waals surface area contributed by atoms with Crippen molar-refractivity contribution < 1.29 is 4.79 Å². The van der Waals surface area contributed by atoms with Gasteiger partial charge in [0.25, 0.3) is 0 Å². The van der Waals surface area contributed by atoms with Gasteiger partial charge in [-0.05, 0) is 57.2 Å². The number of hydrogen-bond acceptors (Lipinski definition) is 3. The fourth-order valence-corrected chi connectivity index (χ4v) is 4.00. The van der Waals surface area contributed by atoms with Gasteiger partial charge in [-0.1, -0.05) is 23.7 Å². The second-order valence-electron chi connectivity index (χ2n) is 5.67. The van der Waals surface area contributed by atoms with Gasteiger partial charge in [0.1, 0.15) is 0 Å². The van der Waals surface area contributed by atoms with Crippen LogP contribution in [-0.2, 0) is 4.79 Å². The molecule has 0 spiro atoms. The highest BCUT2D eigenvalue weighted by molar-refractivity contribution is 7.99. The van der Waals surface area contributed by atoms with Gasteiger partial charge in [0.2, 0.25) is 5.91 Å². The first kappa shape index (κ1) is 17.6. The van der Waals surface area contributed by atoms with E-state index in [4.69, 9.17) is 11.6 Å². The van der Waals surface area contributed by atoms with E-state index in [0.29, 0.717) is 0 Å². The Kier molecular flexibility index (Phi) is 7.56. The van der Waals surface area contributed by atoms with E-state index in [2.05, 4.69) is 16.3 Å². The summed E-state index contributed by atoms with van der Waals surface area (Å²) in [6, 6.07) is 7.99. The largest absolute Gasteiger partial charge is 0.356 e. The Morgan fingerprint density at radius 2 is 2.27 bits per heavy atom. The molecule has 0 aromatic heterocycles. The first-order valence-corrected chi connectivity index (χ1v) is 9.44. The molecule has 1 unspecified atom stereocenters. The average molecular weight is 341 g/mol. The topological polar surface area (TPSA) is 32.3 Å². The number of piperidine rings is 1. The molecular weight excluding hydrogens is 316 g/mol. The Balaban J connectivity index is 1.68. The van der Waals surface area contributed by atoms with Crippen LogP contribution in [-0.4, -0.2) is 42.7 Å². The third-order valence-corrected chi connectivity index (χ3v) is 5.54. The molecule has 1 heterocycles. The number of nitrogens with one attached hydrogen (secondary N) is 1. The molecule has 22 heavy (non-hydrogen) atoms. The van der Waals surface area contributed by atoms with E-state index in [0.717, 1.165) is 61.1 Å². The molecule has 1 aliphatic rings. The van der Waals surface area contributed by atoms with Crippen LogP contribution < -0.4 is 5.32 Å². The van der Waals surface area contributed by atoms with Gasteiger partial charge >= 0.3 is 0 Å². The van der Waals surface area contributed by atoms with E-state index in [1.54, 1.807) is 0 Å². The second kappa shape index (κ2) is 9.43. The van der Waals surface area contributed by atoms with Crippen molar-refractivity contribution in [2.24, 2.45) is 5.92 Å². The highest BCUT2D eigenvalue weighted by Crippen LogP contribution is 2.27. The summed E-state index contributed by atoms with van der Waals surface area (Å²) in [4.78, 5) is 15.5. The molecule has 1 aromatic carbocycles. The molecule has 1 atom stereocenters. The van der Waals surface area contributed by atoms with Gasteiger partial charge in [0.05, 0.1) is 10.9 Å². The summed E-state index contributed by atoms with van der Waals surface area (Å²) >= 11 is 7.97. The zero-order chi connectivity index (χ0) is 15.8. The van der Waals surface area contributed by atoms with E-state index < -0.39 is 0 Å². The van der Waals surface area contributed by atoms with Gasteiger partial charge in [-0.15, -0.1) is 11.8 Å². The minimum atomic E-state index is 0.171. The fourth-order valence-electron chi connectivity index (χ4n) is 2.82. The van der Waals surface area contributed by atoms with Gasteiger partial charge in [0, 0.05) is 18.0 Å². The van der Waals surface area contributed by atoms with Crippen LogP contribution >= 0.6 is 23.4 Å². The first-order valence-electron chi connectivity index (χ1n) is 8.08. The first-order chi connectivity index (χ1) is 10.7. The SMILES string of the molecule is CCNC(=O)C1CCCN(CCCSc2ccccc2Cl)C1. The van der Waals surface area contributed by atoms with Crippen molar-refractivity contribution in [1.29, 1.82) is 0 Å². The fraction of sp³-hybridized carbons (Fsp3) is 0.588. The van der Waals surface area contributed by atoms with Crippen molar-refractivity contribution in [3.05, 3.63) is 29.3 Å². The van der Waals surface area contributed by atoms with Gasteiger partial charge in [-0.3, -0.25) is 4.79 Å². The number of carbonyl (C=O) groups is 1. The molecule has 122 valence electrons. The summed E-state index contributed by atoms with van der Waals surface area (Å²) < 4.78 is 0. The number of benzene rings is 1. The summed E-state index contributed by atoms with van der Waals surface area (Å²) in [7, 11) is 0. The molecule has 3 nitrogen and oxygen atoms in total. The Morgan fingerprint density at radius 1 is 1.45 bits per heavy atom. The smallest absolute Gasteiger partial charge is 0.224 e. The van der Waals surface area contributed by atoms with E-state index in [9.17, 15) is 4.79 Å². The number of thioether (sulfide) groups is 1. The van der Waals surface area contributed by atoms with Crippen LogP contribution in [0.1, 0.15) is 26.2 Å². The molecule has 1 amide bonds. The lowest BCUT2D eigenvalue weighted by atomic mass is 9.97. The van der Waals surface area contributed by atoms with Crippen molar-refractivity contribution >= 4 is 29.3 Å². The molecule has 2 rings (SSSR count). The minimum absolute atomic E-state index is 0.171. The van der Waals surface area contributed by atoms with Crippen molar-refractivity contribution in [1.82, 2.24) is 10.2 Å². The standard InChI is InChI=1S/C17H25ClN2OS/c1-2-19-17(21)14-7-5-10-20(13-14)11-6-12-22-16-9-4-3-8-15(16)18/h3-4,8-9,14H,2,5-7,10-13H2,1H3,(H,19,21). The third-order valence-electron chi connectivity index (χ3n) is 3.94. The number of halogens is 1. The van der Waals surface area contributed by atoms with Crippen molar-refractivity contribution in [3.8, 4) is 0 Å². The quantitative estimate of drug-likeness (QED) is 0.607. The highest BCUT2D eigenvalue weighted by atomic mass is 35.5. The maximum atomic E-state index is 11.9. The maximum Gasteiger partial charge on any atom is 0.224 e. The number of carbonyl (C=O) groups excluding carboxylic acids is 1. The lowest BCUT2D eigenvalue weighted by molar-refractivity contribution is -0.126. The van der Waals surface area contributed by atoms with Gasteiger partial charge < -0.3 is 10.2 Å². The van der Waals surface area contributed by atoms with Crippen LogP contribution in [0.5, 0.6) is 0 Å². The summed E-state index contributed by atoms with van der Waals surface area (Å²) in [5.41, 5.74) is 0. The van der Waals surface area contributed by atoms with Gasteiger partial charge in [-0.25, -0.2) is 0 Å². The molecule has 1 aliphatic heterocycles. The lowest BCUT2D eigenvalue weighted by Crippen LogP contribution is -2.43. The van der Waals surface area contributed by atoms with Crippen molar-refractivity contribution in [2.75, 3.05) is 31.9 Å². The molecule has 1 saturated heterocycles. The number of hydrogen-bond donors (Lipinski definition) is 1. The normalized spacial score (nSPS) is 19.1. The Morgan fingerprint density at radius 3 is 3.05 bits per heavy atom. The number of nitrogens with zero attached hydrogens (tertiary/aromatic N) is 1. The summed E-state index contributed by atoms with van der Waals surface area (Å²) in [5.74, 6) is 1.45. The van der Waals surface area contributed by atoms with Crippen LogP contribution in [0.4, 0.5) is 0 Å². The Bertz CT molecular complexity index is 483. The molecule has 0 aliphatic carbocycles. The van der Waals surface area contributed by atoms with Crippen LogP contribution in [0.2, 0.25) is 5.02 Å². The van der Waals surface area contributed by atoms with Gasteiger partial charge in [0.15, 0.2) is 0 Å². The Hall–Kier alpha value is -0.710. The third kappa shape index (κ3) is 5.49. The maximum absolute atomic E-state index is 11.9. The molecule has 1 aromatic rings. The predicted octanol–water partition coefficient (Wildman–Crippen LogP) is 3.67. The minimum Gasteiger partial charge on any atom is -0.356 e. The van der Waals surface area contributed by atoms with Crippen molar-refractivity contribution in [2.45, 2.75) is 31.1 Å². The van der Waals surface area contributed by atoms with Crippen LogP contribution in [0.15, 0.2) is 29.2 Å². The summed E-state index contributed by atoms with van der Waals surface area (Å²) in [6.45, 7) is 5.79. The van der Waals surface area contributed by atoms with Crippen LogP contribution in [0.3, 0.4) is 0 Å². The molecule has 0 radical (unpaired) electrons. The summed E-state index contributed by atoms with van der Waals surface area (Å²) in [6.07, 6.45) is 3.27. The van der Waals surface area contributed by atoms with E-state index in [-0.39, 0.29) is 11.8 Å². The summed E-state index contributed by atoms with van der Waals surface area (Å²) in [5, 5.41) is 3.78. The number of rotatable bonds is 7. The van der Waals surface area contributed by atoms with Crippen LogP contribution in [0.25, 0.3) is 0 Å². The number of likely N-dealkylation sites (tertiary alicyclic amines) is 1. The monoisotopic (exact) mass is 340 g/mol. The average Bonchev–Trinajstić information content (AvgIpc) is 2.54. The zero-order valence-electron chi connectivity index (χ0n) is 13.2. The predicted molar refractivity (Wildman–Crippen MR) is 94.6 cm³/mol. The molecule has 0 saturated carbocycles. The molecule has 1 N–H and O–H groups in total. The van der Waals surface area contributed by atoms with Gasteiger partial charge in [-0.2, -0.15) is 0 Å². The lowest BCUT2D eigenvalue weighted by Gasteiger charge is -2.31. The molecular formula is C17H25ClN2OS. The van der Waals surface area contributed by atoms with E-state index >= 15 is 0 Å². The van der Waals surface area contributed by atoms with E-state index in [1.807, 2.05) is 36.9 Å². The number of amides is 1. The van der Waals surface area contributed by atoms with E-state index in [1.165, 1.54) is 0 Å². The molecule has 0 bridgehead atoms. The van der Waals surface area contributed by atoms with Crippen molar-refractivity contribution in [3.63, 3.8) is 0 Å². The Labute approximate surface area is 142 Å². The van der Waals surface area contributed by atoms with Crippen LogP contribution in [0, 0.1) is 5.92 Å². The second-order valence-corrected chi connectivity index (χ2v) is 7.21. The molecule has 1 fully saturated rings. The zero-order valence-corrected chi connectivity index (χ0v) is 14.8.